The molecule has 0 rings (SSSR count). The molecule has 0 aliphatic heterocycles. The lowest BCUT2D eigenvalue weighted by molar-refractivity contribution is 0.109. The minimum absolute atomic E-state index is 0.440. The molecule has 0 aromatic heterocycles. The van der Waals surface area contributed by atoms with Crippen molar-refractivity contribution in [2.24, 2.45) is 0 Å². The van der Waals surface area contributed by atoms with Gasteiger partial charge < -0.3 is 0 Å². The zero-order chi connectivity index (χ0) is 15.1. The number of unbranched alkanes of at least 4 members (excludes halogenated alkanes) is 6. The van der Waals surface area contributed by atoms with E-state index in [0.717, 1.165) is 38.5 Å². The van der Waals surface area contributed by atoms with E-state index in [-0.39, 0.29) is 0 Å². The van der Waals surface area contributed by atoms with Crippen LogP contribution in [-0.4, -0.2) is 19.8 Å². The van der Waals surface area contributed by atoms with Crippen molar-refractivity contribution in [2.75, 3.05) is 19.8 Å². The second-order valence-electron chi connectivity index (χ2n) is 5.07. The molecule has 0 amide bonds. The summed E-state index contributed by atoms with van der Waals surface area (Å²) in [5.41, 5.74) is 0. The summed E-state index contributed by atoms with van der Waals surface area (Å²) in [5.74, 6) is 0. The number of hydrogen-bond donors (Lipinski definition) is 0. The summed E-state index contributed by atoms with van der Waals surface area (Å²) in [4.78, 5) is 0. The third kappa shape index (κ3) is 11.9. The van der Waals surface area contributed by atoms with Gasteiger partial charge in [0.15, 0.2) is 0 Å². The van der Waals surface area contributed by atoms with Crippen molar-refractivity contribution in [3.05, 3.63) is 0 Å². The Hall–Kier alpha value is 0.110. The van der Waals surface area contributed by atoms with Gasteiger partial charge in [0.1, 0.15) is 0 Å². The molecular formula is C15H33O4P. The van der Waals surface area contributed by atoms with E-state index in [2.05, 4.69) is 20.8 Å². The standard InChI is InChI=1S/C15H33O4P/c1-4-7-10-11-12-15-19-20(16,17-13-8-5-2)18-14-9-6-3/h4-15H2,1-3H3. The van der Waals surface area contributed by atoms with Crippen LogP contribution in [-0.2, 0) is 18.1 Å². The molecule has 0 spiro atoms. The van der Waals surface area contributed by atoms with Gasteiger partial charge in [0.25, 0.3) is 0 Å². The molecule has 0 heterocycles. The summed E-state index contributed by atoms with van der Waals surface area (Å²) < 4.78 is 28.5. The summed E-state index contributed by atoms with van der Waals surface area (Å²) in [6, 6.07) is 0. The fourth-order valence-electron chi connectivity index (χ4n) is 1.64. The number of rotatable bonds is 15. The van der Waals surface area contributed by atoms with E-state index in [1.165, 1.54) is 19.3 Å². The second kappa shape index (κ2) is 14.1. The molecule has 0 radical (unpaired) electrons. The largest absolute Gasteiger partial charge is 0.474 e. The van der Waals surface area contributed by atoms with Gasteiger partial charge in [-0.25, -0.2) is 4.57 Å². The molecule has 0 fully saturated rings. The molecule has 0 aliphatic carbocycles. The molecule has 0 saturated carbocycles. The lowest BCUT2D eigenvalue weighted by Gasteiger charge is -2.17. The molecule has 0 aromatic rings. The lowest BCUT2D eigenvalue weighted by atomic mass is 10.2. The van der Waals surface area contributed by atoms with Crippen molar-refractivity contribution in [1.29, 1.82) is 0 Å². The molecule has 0 atom stereocenters. The zero-order valence-electron chi connectivity index (χ0n) is 13.6. The predicted molar refractivity (Wildman–Crippen MR) is 84.0 cm³/mol. The Morgan fingerprint density at radius 1 is 0.600 bits per heavy atom. The molecule has 0 aromatic carbocycles. The first kappa shape index (κ1) is 20.1. The van der Waals surface area contributed by atoms with Crippen LogP contribution in [0.25, 0.3) is 0 Å². The highest BCUT2D eigenvalue weighted by Gasteiger charge is 2.25. The maximum Gasteiger partial charge on any atom is 0.474 e. The SMILES string of the molecule is CCCCCCCOP(=O)(OCCCC)OCCCC. The number of phosphoric acid groups is 1. The third-order valence-electron chi connectivity index (χ3n) is 2.99. The van der Waals surface area contributed by atoms with Crippen molar-refractivity contribution in [3.63, 3.8) is 0 Å². The van der Waals surface area contributed by atoms with Gasteiger partial charge in [0.05, 0.1) is 19.8 Å². The maximum atomic E-state index is 12.4. The van der Waals surface area contributed by atoms with Crippen LogP contribution >= 0.6 is 7.82 Å². The van der Waals surface area contributed by atoms with Crippen LogP contribution in [0.2, 0.25) is 0 Å². The fraction of sp³-hybridized carbons (Fsp3) is 1.00. The Kier molecular flexibility index (Phi) is 14.1. The summed E-state index contributed by atoms with van der Waals surface area (Å²) >= 11 is 0. The average molecular weight is 308 g/mol. The summed E-state index contributed by atoms with van der Waals surface area (Å²) in [6.45, 7) is 7.67. The second-order valence-corrected chi connectivity index (χ2v) is 6.74. The van der Waals surface area contributed by atoms with Gasteiger partial charge in [-0.05, 0) is 19.3 Å². The molecule has 4 nitrogen and oxygen atoms in total. The van der Waals surface area contributed by atoms with E-state index in [4.69, 9.17) is 13.6 Å². The van der Waals surface area contributed by atoms with Crippen molar-refractivity contribution < 1.29 is 18.1 Å². The van der Waals surface area contributed by atoms with Gasteiger partial charge in [0.2, 0.25) is 0 Å². The normalized spacial score (nSPS) is 11.9. The van der Waals surface area contributed by atoms with Gasteiger partial charge in [-0.3, -0.25) is 13.6 Å². The Bertz CT molecular complexity index is 232. The average Bonchev–Trinajstić information content (AvgIpc) is 2.43. The van der Waals surface area contributed by atoms with Crippen LogP contribution < -0.4 is 0 Å². The highest BCUT2D eigenvalue weighted by molar-refractivity contribution is 7.48. The minimum Gasteiger partial charge on any atom is -0.287 e. The van der Waals surface area contributed by atoms with Crippen LogP contribution in [0.15, 0.2) is 0 Å². The monoisotopic (exact) mass is 308 g/mol. The smallest absolute Gasteiger partial charge is 0.287 e. The summed E-state index contributed by atoms with van der Waals surface area (Å²) in [7, 11) is -3.33. The van der Waals surface area contributed by atoms with E-state index in [1.807, 2.05) is 0 Å². The molecule has 0 unspecified atom stereocenters. The van der Waals surface area contributed by atoms with E-state index >= 15 is 0 Å². The van der Waals surface area contributed by atoms with Crippen molar-refractivity contribution >= 4 is 7.82 Å². The maximum absolute atomic E-state index is 12.4. The van der Waals surface area contributed by atoms with E-state index in [9.17, 15) is 4.57 Å². The molecule has 122 valence electrons. The van der Waals surface area contributed by atoms with Crippen LogP contribution in [0.1, 0.15) is 78.6 Å². The lowest BCUT2D eigenvalue weighted by Crippen LogP contribution is -2.04. The molecule has 0 N–H and O–H groups in total. The quantitative estimate of drug-likeness (QED) is 0.287. The molecule has 5 heteroatoms. The Balaban J connectivity index is 3.93. The van der Waals surface area contributed by atoms with Gasteiger partial charge in [-0.15, -0.1) is 0 Å². The van der Waals surface area contributed by atoms with Gasteiger partial charge in [-0.2, -0.15) is 0 Å². The topological polar surface area (TPSA) is 44.8 Å². The molecule has 20 heavy (non-hydrogen) atoms. The van der Waals surface area contributed by atoms with Crippen molar-refractivity contribution in [3.8, 4) is 0 Å². The Morgan fingerprint density at radius 2 is 1.00 bits per heavy atom. The van der Waals surface area contributed by atoms with Crippen molar-refractivity contribution in [1.82, 2.24) is 0 Å². The first-order valence-electron chi connectivity index (χ1n) is 8.22. The fourth-order valence-corrected chi connectivity index (χ4v) is 2.92. The van der Waals surface area contributed by atoms with Gasteiger partial charge >= 0.3 is 7.82 Å². The summed E-state index contributed by atoms with van der Waals surface area (Å²) in [6.07, 6.45) is 9.46. The van der Waals surface area contributed by atoms with Crippen LogP contribution in [0.3, 0.4) is 0 Å². The van der Waals surface area contributed by atoms with Crippen LogP contribution in [0, 0.1) is 0 Å². The van der Waals surface area contributed by atoms with Crippen LogP contribution in [0.4, 0.5) is 0 Å². The van der Waals surface area contributed by atoms with Crippen molar-refractivity contribution in [2.45, 2.75) is 78.6 Å². The highest BCUT2D eigenvalue weighted by Crippen LogP contribution is 2.49. The van der Waals surface area contributed by atoms with Gasteiger partial charge in [0, 0.05) is 0 Å². The Morgan fingerprint density at radius 3 is 1.45 bits per heavy atom. The first-order valence-corrected chi connectivity index (χ1v) is 9.68. The van der Waals surface area contributed by atoms with Gasteiger partial charge in [-0.1, -0.05) is 59.3 Å². The molecular weight excluding hydrogens is 275 g/mol. The zero-order valence-corrected chi connectivity index (χ0v) is 14.5. The summed E-state index contributed by atoms with van der Waals surface area (Å²) in [5, 5.41) is 0. The highest BCUT2D eigenvalue weighted by atomic mass is 31.2. The van der Waals surface area contributed by atoms with E-state index in [0.29, 0.717) is 19.8 Å². The number of phosphoric ester groups is 1. The minimum atomic E-state index is -3.33. The molecule has 0 saturated heterocycles. The number of hydrogen-bond acceptors (Lipinski definition) is 4. The molecule has 0 aliphatic rings. The van der Waals surface area contributed by atoms with Crippen LogP contribution in [0.5, 0.6) is 0 Å². The molecule has 0 bridgehead atoms. The van der Waals surface area contributed by atoms with E-state index < -0.39 is 7.82 Å². The predicted octanol–water partition coefficient (Wildman–Crippen LogP) is 5.71. The Labute approximate surface area is 125 Å². The third-order valence-corrected chi connectivity index (χ3v) is 4.49. The van der Waals surface area contributed by atoms with E-state index in [1.54, 1.807) is 0 Å². The first-order chi connectivity index (χ1) is 9.68.